The summed E-state index contributed by atoms with van der Waals surface area (Å²) in [5.41, 5.74) is 1.47. The Balaban J connectivity index is 2.81. The lowest BCUT2D eigenvalue weighted by atomic mass is 10.1. The Bertz CT molecular complexity index is 398. The van der Waals surface area contributed by atoms with E-state index in [2.05, 4.69) is 37.4 Å². The summed E-state index contributed by atoms with van der Waals surface area (Å²) < 4.78 is 0. The van der Waals surface area contributed by atoms with E-state index < -0.39 is 0 Å². The highest BCUT2D eigenvalue weighted by atomic mass is 32.1. The molecule has 0 N–H and O–H groups in total. The molecule has 0 saturated heterocycles. The molecule has 0 atom stereocenters. The van der Waals surface area contributed by atoms with Crippen LogP contribution in [0.25, 0.3) is 10.8 Å². The molecule has 2 aromatic rings. The second-order valence-electron chi connectivity index (χ2n) is 3.02. The van der Waals surface area contributed by atoms with Crippen molar-refractivity contribution in [3.05, 3.63) is 34.0 Å². The molecule has 62 valence electrons. The standard InChI is InChI=1S/C11H12S/c1-3-9-5-4-6-10-8(2)12-7-11(9)10/h4-7H,3H2,1-2H3. The van der Waals surface area contributed by atoms with Crippen molar-refractivity contribution < 1.29 is 0 Å². The lowest BCUT2D eigenvalue weighted by Crippen LogP contribution is -1.79. The van der Waals surface area contributed by atoms with Crippen molar-refractivity contribution in [2.24, 2.45) is 0 Å². The summed E-state index contributed by atoms with van der Waals surface area (Å²) in [5.74, 6) is 0. The van der Waals surface area contributed by atoms with Gasteiger partial charge in [-0.05, 0) is 35.1 Å². The van der Waals surface area contributed by atoms with Crippen molar-refractivity contribution in [3.63, 3.8) is 0 Å². The van der Waals surface area contributed by atoms with Crippen LogP contribution in [-0.4, -0.2) is 0 Å². The lowest BCUT2D eigenvalue weighted by Gasteiger charge is -1.98. The Kier molecular flexibility index (Phi) is 1.89. The minimum Gasteiger partial charge on any atom is -0.148 e. The number of thiophene rings is 1. The SMILES string of the molecule is CCc1cccc2c(C)scc12. The van der Waals surface area contributed by atoms with Gasteiger partial charge in [0.2, 0.25) is 0 Å². The van der Waals surface area contributed by atoms with Crippen LogP contribution in [0, 0.1) is 6.92 Å². The highest BCUT2D eigenvalue weighted by molar-refractivity contribution is 7.11. The first-order chi connectivity index (χ1) is 5.83. The zero-order chi connectivity index (χ0) is 8.55. The molecule has 0 saturated carbocycles. The van der Waals surface area contributed by atoms with Gasteiger partial charge in [-0.1, -0.05) is 25.1 Å². The highest BCUT2D eigenvalue weighted by Crippen LogP contribution is 2.27. The van der Waals surface area contributed by atoms with Gasteiger partial charge in [-0.15, -0.1) is 11.3 Å². The molecule has 0 radical (unpaired) electrons. The molecule has 1 heteroatoms. The quantitative estimate of drug-likeness (QED) is 0.620. The van der Waals surface area contributed by atoms with E-state index in [1.165, 1.54) is 21.2 Å². The fourth-order valence-corrected chi connectivity index (χ4v) is 2.46. The van der Waals surface area contributed by atoms with Crippen molar-refractivity contribution >= 4 is 22.1 Å². The van der Waals surface area contributed by atoms with Gasteiger partial charge in [0.15, 0.2) is 0 Å². The average molecular weight is 176 g/mol. The summed E-state index contributed by atoms with van der Waals surface area (Å²) in [6.45, 7) is 4.40. The minimum atomic E-state index is 1.13. The molecule has 0 unspecified atom stereocenters. The minimum absolute atomic E-state index is 1.13. The second-order valence-corrected chi connectivity index (χ2v) is 4.11. The van der Waals surface area contributed by atoms with E-state index in [9.17, 15) is 0 Å². The fraction of sp³-hybridized carbons (Fsp3) is 0.273. The first-order valence-corrected chi connectivity index (χ1v) is 5.16. The molecular formula is C11H12S. The van der Waals surface area contributed by atoms with E-state index in [1.807, 2.05) is 11.3 Å². The smallest absolute Gasteiger partial charge is 0.00928 e. The lowest BCUT2D eigenvalue weighted by molar-refractivity contribution is 1.16. The van der Waals surface area contributed by atoms with Gasteiger partial charge in [-0.2, -0.15) is 0 Å². The van der Waals surface area contributed by atoms with Crippen LogP contribution >= 0.6 is 11.3 Å². The highest BCUT2D eigenvalue weighted by Gasteiger charge is 2.02. The van der Waals surface area contributed by atoms with Gasteiger partial charge in [0.1, 0.15) is 0 Å². The Morgan fingerprint density at radius 1 is 1.25 bits per heavy atom. The molecule has 1 heterocycles. The van der Waals surface area contributed by atoms with E-state index in [4.69, 9.17) is 0 Å². The molecule has 0 amide bonds. The molecule has 0 spiro atoms. The van der Waals surface area contributed by atoms with E-state index >= 15 is 0 Å². The summed E-state index contributed by atoms with van der Waals surface area (Å²) in [6, 6.07) is 6.58. The van der Waals surface area contributed by atoms with Crippen molar-refractivity contribution in [1.29, 1.82) is 0 Å². The third kappa shape index (κ3) is 1.05. The molecule has 0 bridgehead atoms. The summed E-state index contributed by atoms with van der Waals surface area (Å²) in [6.07, 6.45) is 1.13. The Labute approximate surface area is 76.8 Å². The van der Waals surface area contributed by atoms with Crippen molar-refractivity contribution in [2.45, 2.75) is 20.3 Å². The monoisotopic (exact) mass is 176 g/mol. The Morgan fingerprint density at radius 2 is 2.08 bits per heavy atom. The van der Waals surface area contributed by atoms with E-state index in [-0.39, 0.29) is 0 Å². The van der Waals surface area contributed by atoms with Crippen molar-refractivity contribution in [1.82, 2.24) is 0 Å². The number of aryl methyl sites for hydroxylation is 2. The maximum Gasteiger partial charge on any atom is 0.00928 e. The summed E-state index contributed by atoms with van der Waals surface area (Å²) >= 11 is 1.85. The molecule has 0 aliphatic rings. The number of rotatable bonds is 1. The largest absolute Gasteiger partial charge is 0.148 e. The molecule has 2 rings (SSSR count). The number of hydrogen-bond acceptors (Lipinski definition) is 1. The van der Waals surface area contributed by atoms with Crippen LogP contribution in [0.5, 0.6) is 0 Å². The number of benzene rings is 1. The van der Waals surface area contributed by atoms with Crippen LogP contribution in [0.4, 0.5) is 0 Å². The maximum absolute atomic E-state index is 2.27. The number of hydrogen-bond donors (Lipinski definition) is 0. The average Bonchev–Trinajstić information content (AvgIpc) is 2.48. The summed E-state index contributed by atoms with van der Waals surface area (Å²) in [4.78, 5) is 1.43. The van der Waals surface area contributed by atoms with Crippen LogP contribution in [0.1, 0.15) is 17.4 Å². The first-order valence-electron chi connectivity index (χ1n) is 4.28. The van der Waals surface area contributed by atoms with Gasteiger partial charge in [0, 0.05) is 4.88 Å². The van der Waals surface area contributed by atoms with Gasteiger partial charge >= 0.3 is 0 Å². The van der Waals surface area contributed by atoms with Gasteiger partial charge in [0.05, 0.1) is 0 Å². The van der Waals surface area contributed by atoms with Crippen LogP contribution in [-0.2, 0) is 6.42 Å². The Morgan fingerprint density at radius 3 is 2.83 bits per heavy atom. The van der Waals surface area contributed by atoms with Gasteiger partial charge in [-0.25, -0.2) is 0 Å². The van der Waals surface area contributed by atoms with E-state index in [1.54, 1.807) is 0 Å². The molecule has 12 heavy (non-hydrogen) atoms. The molecular weight excluding hydrogens is 164 g/mol. The number of fused-ring (bicyclic) bond motifs is 1. The normalized spacial score (nSPS) is 10.8. The molecule has 0 aliphatic heterocycles. The topological polar surface area (TPSA) is 0 Å². The maximum atomic E-state index is 2.27. The summed E-state index contributed by atoms with van der Waals surface area (Å²) in [5, 5.41) is 5.14. The molecule has 1 aromatic heterocycles. The molecule has 0 aliphatic carbocycles. The van der Waals surface area contributed by atoms with Gasteiger partial charge in [-0.3, -0.25) is 0 Å². The molecule has 1 aromatic carbocycles. The van der Waals surface area contributed by atoms with Crippen LogP contribution < -0.4 is 0 Å². The van der Waals surface area contributed by atoms with Crippen LogP contribution in [0.3, 0.4) is 0 Å². The zero-order valence-corrected chi connectivity index (χ0v) is 8.24. The summed E-state index contributed by atoms with van der Waals surface area (Å²) in [7, 11) is 0. The predicted molar refractivity (Wildman–Crippen MR) is 55.9 cm³/mol. The third-order valence-corrected chi connectivity index (χ3v) is 3.24. The second kappa shape index (κ2) is 2.91. The van der Waals surface area contributed by atoms with Crippen molar-refractivity contribution in [2.75, 3.05) is 0 Å². The molecule has 0 fully saturated rings. The fourth-order valence-electron chi connectivity index (χ4n) is 1.58. The van der Waals surface area contributed by atoms with E-state index in [0.717, 1.165) is 6.42 Å². The first kappa shape index (κ1) is 7.81. The predicted octanol–water partition coefficient (Wildman–Crippen LogP) is 3.77. The molecule has 0 nitrogen and oxygen atoms in total. The van der Waals surface area contributed by atoms with Crippen LogP contribution in [0.15, 0.2) is 23.6 Å². The Hall–Kier alpha value is -0.820. The zero-order valence-electron chi connectivity index (χ0n) is 7.42. The van der Waals surface area contributed by atoms with Crippen molar-refractivity contribution in [3.8, 4) is 0 Å². The van der Waals surface area contributed by atoms with Gasteiger partial charge < -0.3 is 0 Å². The third-order valence-electron chi connectivity index (χ3n) is 2.31. The van der Waals surface area contributed by atoms with E-state index in [0.29, 0.717) is 0 Å². The van der Waals surface area contributed by atoms with Crippen LogP contribution in [0.2, 0.25) is 0 Å². The van der Waals surface area contributed by atoms with Gasteiger partial charge in [0.25, 0.3) is 0 Å².